The van der Waals surface area contributed by atoms with Gasteiger partial charge >= 0.3 is 0 Å². The second-order valence-corrected chi connectivity index (χ2v) is 7.09. The van der Waals surface area contributed by atoms with E-state index in [1.165, 1.54) is 82.8 Å². The van der Waals surface area contributed by atoms with E-state index in [9.17, 15) is 9.90 Å². The molecule has 27 heavy (non-hydrogen) atoms. The minimum Gasteiger partial charge on any atom is -0.394 e. The summed E-state index contributed by atoms with van der Waals surface area (Å²) in [6.45, 7) is 1.62. The van der Waals surface area contributed by atoms with Crippen molar-refractivity contribution >= 4 is 5.78 Å². The van der Waals surface area contributed by atoms with Crippen LogP contribution in [0.1, 0.15) is 84.0 Å². The number of carbonyl (C=O) groups excluding carboxylic acids is 1. The molecule has 0 aromatic carbocycles. The molecule has 0 aliphatic heterocycles. The zero-order chi connectivity index (χ0) is 20.2. The summed E-state index contributed by atoms with van der Waals surface area (Å²) in [4.78, 5) is 11.4. The Hall–Kier alpha value is -1.23. The molecule has 156 valence electrons. The predicted molar refractivity (Wildman–Crippen MR) is 113 cm³/mol. The highest BCUT2D eigenvalue weighted by atomic mass is 16.4. The van der Waals surface area contributed by atoms with Crippen molar-refractivity contribution in [2.24, 2.45) is 0 Å². The lowest BCUT2D eigenvalue weighted by Gasteiger charge is -2.11. The van der Waals surface area contributed by atoms with Gasteiger partial charge in [-0.05, 0) is 18.9 Å². The Morgan fingerprint density at radius 1 is 0.778 bits per heavy atom. The molecule has 0 amide bonds. The molecular weight excluding hydrogens is 340 g/mol. The maximum absolute atomic E-state index is 11.4. The maximum Gasteiger partial charge on any atom is 0.186 e. The summed E-state index contributed by atoms with van der Waals surface area (Å²) in [5, 5.41) is 27.2. The SMILES string of the molecule is CCCCCCCCCCCCCC=CC=CC=CC(=O)C(O)C(O)CO. The fourth-order valence-electron chi connectivity index (χ4n) is 2.77. The Morgan fingerprint density at radius 2 is 1.30 bits per heavy atom. The van der Waals surface area contributed by atoms with E-state index in [-0.39, 0.29) is 0 Å². The van der Waals surface area contributed by atoms with Gasteiger partial charge in [-0.2, -0.15) is 0 Å². The highest BCUT2D eigenvalue weighted by Gasteiger charge is 2.20. The Balaban J connectivity index is 3.53. The number of allylic oxidation sites excluding steroid dienone is 5. The lowest BCUT2D eigenvalue weighted by molar-refractivity contribution is -0.129. The normalized spacial score (nSPS) is 14.5. The summed E-state index contributed by atoms with van der Waals surface area (Å²) < 4.78 is 0. The number of hydrogen-bond donors (Lipinski definition) is 3. The van der Waals surface area contributed by atoms with E-state index in [1.807, 2.05) is 12.2 Å². The summed E-state index contributed by atoms with van der Waals surface area (Å²) in [5.41, 5.74) is 0. The van der Waals surface area contributed by atoms with Crippen LogP contribution < -0.4 is 0 Å². The second kappa shape index (κ2) is 19.5. The molecule has 0 aromatic heterocycles. The van der Waals surface area contributed by atoms with Gasteiger partial charge in [0.05, 0.1) is 6.61 Å². The third kappa shape index (κ3) is 16.7. The van der Waals surface area contributed by atoms with Crippen LogP contribution in [-0.2, 0) is 4.79 Å². The van der Waals surface area contributed by atoms with Crippen LogP contribution in [0.2, 0.25) is 0 Å². The van der Waals surface area contributed by atoms with Crippen molar-refractivity contribution in [2.45, 2.75) is 96.2 Å². The summed E-state index contributed by atoms with van der Waals surface area (Å²) >= 11 is 0. The first-order chi connectivity index (χ1) is 13.1. The topological polar surface area (TPSA) is 77.8 Å². The summed E-state index contributed by atoms with van der Waals surface area (Å²) in [6, 6.07) is 0. The molecule has 2 atom stereocenters. The molecule has 3 N–H and O–H groups in total. The van der Waals surface area contributed by atoms with Crippen LogP contribution in [0.15, 0.2) is 36.5 Å². The fraction of sp³-hybridized carbons (Fsp3) is 0.696. The molecule has 0 saturated heterocycles. The Labute approximate surface area is 165 Å². The highest BCUT2D eigenvalue weighted by Crippen LogP contribution is 2.12. The molecule has 0 aromatic rings. The Morgan fingerprint density at radius 3 is 1.85 bits per heavy atom. The van der Waals surface area contributed by atoms with E-state index in [0.717, 1.165) is 6.42 Å². The number of rotatable bonds is 18. The Kier molecular flexibility index (Phi) is 18.6. The Bertz CT molecular complexity index is 426. The number of aliphatic hydroxyl groups excluding tert-OH is 3. The van der Waals surface area contributed by atoms with E-state index in [4.69, 9.17) is 10.2 Å². The van der Waals surface area contributed by atoms with Gasteiger partial charge in [-0.25, -0.2) is 0 Å². The highest BCUT2D eigenvalue weighted by molar-refractivity contribution is 5.94. The monoisotopic (exact) mass is 380 g/mol. The van der Waals surface area contributed by atoms with E-state index < -0.39 is 24.6 Å². The van der Waals surface area contributed by atoms with Gasteiger partial charge in [0, 0.05) is 0 Å². The molecule has 0 saturated carbocycles. The van der Waals surface area contributed by atoms with Crippen LogP contribution in [0.25, 0.3) is 0 Å². The van der Waals surface area contributed by atoms with Crippen molar-refractivity contribution in [3.8, 4) is 0 Å². The molecule has 0 bridgehead atoms. The van der Waals surface area contributed by atoms with E-state index in [2.05, 4.69) is 13.0 Å². The number of hydrogen-bond acceptors (Lipinski definition) is 4. The predicted octanol–water partition coefficient (Wildman–Crippen LogP) is 4.64. The average molecular weight is 381 g/mol. The maximum atomic E-state index is 11.4. The van der Waals surface area contributed by atoms with Gasteiger partial charge in [-0.3, -0.25) is 4.79 Å². The van der Waals surface area contributed by atoms with E-state index in [1.54, 1.807) is 6.08 Å². The van der Waals surface area contributed by atoms with Crippen LogP contribution >= 0.6 is 0 Å². The van der Waals surface area contributed by atoms with Gasteiger partial charge in [-0.15, -0.1) is 0 Å². The van der Waals surface area contributed by atoms with Crippen molar-refractivity contribution < 1.29 is 20.1 Å². The van der Waals surface area contributed by atoms with Crippen LogP contribution in [0.5, 0.6) is 0 Å². The van der Waals surface area contributed by atoms with Crippen LogP contribution in [-0.4, -0.2) is 39.9 Å². The number of aliphatic hydroxyl groups is 3. The minimum atomic E-state index is -1.57. The first kappa shape index (κ1) is 25.8. The second-order valence-electron chi connectivity index (χ2n) is 7.09. The zero-order valence-corrected chi connectivity index (χ0v) is 17.1. The van der Waals surface area contributed by atoms with Gasteiger partial charge in [0.15, 0.2) is 5.78 Å². The molecule has 0 radical (unpaired) electrons. The van der Waals surface area contributed by atoms with Gasteiger partial charge in [0.25, 0.3) is 0 Å². The summed E-state index contributed by atoms with van der Waals surface area (Å²) in [5.74, 6) is -0.619. The van der Waals surface area contributed by atoms with Crippen molar-refractivity contribution in [2.75, 3.05) is 6.61 Å². The first-order valence-corrected chi connectivity index (χ1v) is 10.6. The summed E-state index contributed by atoms with van der Waals surface area (Å²) in [7, 11) is 0. The molecule has 0 fully saturated rings. The zero-order valence-electron chi connectivity index (χ0n) is 17.1. The molecule has 0 aliphatic rings. The molecular formula is C23H40O4. The number of ketones is 1. The molecule has 2 unspecified atom stereocenters. The van der Waals surface area contributed by atoms with E-state index >= 15 is 0 Å². The fourth-order valence-corrected chi connectivity index (χ4v) is 2.77. The van der Waals surface area contributed by atoms with Crippen LogP contribution in [0.4, 0.5) is 0 Å². The quantitative estimate of drug-likeness (QED) is 0.184. The van der Waals surface area contributed by atoms with Crippen LogP contribution in [0.3, 0.4) is 0 Å². The lowest BCUT2D eigenvalue weighted by Crippen LogP contribution is -2.35. The number of carbonyl (C=O) groups is 1. The molecule has 4 nitrogen and oxygen atoms in total. The third-order valence-electron chi connectivity index (χ3n) is 4.55. The van der Waals surface area contributed by atoms with Crippen molar-refractivity contribution in [1.29, 1.82) is 0 Å². The van der Waals surface area contributed by atoms with Gasteiger partial charge in [0.1, 0.15) is 12.2 Å². The molecule has 0 rings (SSSR count). The molecule has 0 spiro atoms. The average Bonchev–Trinajstić information content (AvgIpc) is 2.68. The molecule has 4 heteroatoms. The smallest absolute Gasteiger partial charge is 0.186 e. The third-order valence-corrected chi connectivity index (χ3v) is 4.55. The minimum absolute atomic E-state index is 0.619. The standard InChI is InChI=1S/C23H40O4/c1-2-3-4-5-6-7-8-9-10-11-12-13-14-15-16-17-18-19-21(25)23(27)22(26)20-24/h14-19,22-24,26-27H,2-13,20H2,1H3. The molecule has 0 aliphatic carbocycles. The first-order valence-electron chi connectivity index (χ1n) is 10.6. The van der Waals surface area contributed by atoms with Crippen molar-refractivity contribution in [3.63, 3.8) is 0 Å². The van der Waals surface area contributed by atoms with Gasteiger partial charge in [-0.1, -0.05) is 102 Å². The summed E-state index contributed by atoms with van der Waals surface area (Å²) in [6.07, 6.45) is 23.2. The molecule has 0 heterocycles. The van der Waals surface area contributed by atoms with Crippen molar-refractivity contribution in [3.05, 3.63) is 36.5 Å². The van der Waals surface area contributed by atoms with Gasteiger partial charge in [0.2, 0.25) is 0 Å². The van der Waals surface area contributed by atoms with Gasteiger partial charge < -0.3 is 15.3 Å². The van der Waals surface area contributed by atoms with Crippen molar-refractivity contribution in [1.82, 2.24) is 0 Å². The van der Waals surface area contributed by atoms with Crippen LogP contribution in [0, 0.1) is 0 Å². The number of unbranched alkanes of at least 4 members (excludes halogenated alkanes) is 11. The van der Waals surface area contributed by atoms with E-state index in [0.29, 0.717) is 0 Å². The largest absolute Gasteiger partial charge is 0.394 e. The lowest BCUT2D eigenvalue weighted by atomic mass is 10.1.